The second-order valence-electron chi connectivity index (χ2n) is 8.27. The van der Waals surface area contributed by atoms with Crippen molar-refractivity contribution in [2.24, 2.45) is 0 Å². The van der Waals surface area contributed by atoms with E-state index in [-0.39, 0.29) is 30.9 Å². The molecule has 1 aromatic carbocycles. The van der Waals surface area contributed by atoms with Gasteiger partial charge in [-0.2, -0.15) is 4.90 Å². The van der Waals surface area contributed by atoms with Crippen molar-refractivity contribution in [1.29, 1.82) is 0 Å². The first-order chi connectivity index (χ1) is 14.3. The predicted molar refractivity (Wildman–Crippen MR) is 113 cm³/mol. The van der Waals surface area contributed by atoms with E-state index in [9.17, 15) is 14.4 Å². The van der Waals surface area contributed by atoms with Crippen LogP contribution in [0.5, 0.6) is 0 Å². The van der Waals surface area contributed by atoms with E-state index in [1.807, 2.05) is 51.1 Å². The number of anilines is 1. The highest BCUT2D eigenvalue weighted by Gasteiger charge is 2.32. The van der Waals surface area contributed by atoms with Crippen LogP contribution in [0.15, 0.2) is 42.6 Å². The van der Waals surface area contributed by atoms with Crippen molar-refractivity contribution in [1.82, 2.24) is 15.2 Å². The summed E-state index contributed by atoms with van der Waals surface area (Å²) in [6, 6.07) is 10.6. The number of amides is 4. The maximum absolute atomic E-state index is 13.3. The monoisotopic (exact) mass is 412 g/mol. The van der Waals surface area contributed by atoms with Gasteiger partial charge in [0.15, 0.2) is 0 Å². The highest BCUT2D eigenvalue weighted by molar-refractivity contribution is 6.11. The molecule has 2 heterocycles. The lowest BCUT2D eigenvalue weighted by Gasteiger charge is -2.27. The van der Waals surface area contributed by atoms with Crippen LogP contribution in [0.4, 0.5) is 15.3 Å². The summed E-state index contributed by atoms with van der Waals surface area (Å²) in [6.45, 7) is 7.07. The SMILES string of the molecule is CC(C)(C)c1cc(N(C(=O)OCc2ccccc2)C(=O)N2CCNC(=O)CC2)c[nH]1. The van der Waals surface area contributed by atoms with E-state index in [1.165, 1.54) is 4.90 Å². The summed E-state index contributed by atoms with van der Waals surface area (Å²) in [5.74, 6) is -0.111. The number of nitrogens with zero attached hydrogens (tertiary/aromatic N) is 2. The number of aromatic nitrogens is 1. The van der Waals surface area contributed by atoms with Crippen LogP contribution in [0.25, 0.3) is 0 Å². The molecule has 1 aliphatic rings. The molecule has 8 heteroatoms. The van der Waals surface area contributed by atoms with E-state index in [2.05, 4.69) is 10.3 Å². The average molecular weight is 412 g/mol. The Kier molecular flexibility index (Phi) is 6.44. The third kappa shape index (κ3) is 5.20. The molecule has 8 nitrogen and oxygen atoms in total. The minimum Gasteiger partial charge on any atom is -0.444 e. The summed E-state index contributed by atoms with van der Waals surface area (Å²) in [5.41, 5.74) is 1.94. The molecule has 2 aromatic rings. The maximum atomic E-state index is 13.3. The Morgan fingerprint density at radius 2 is 1.90 bits per heavy atom. The number of H-pyrrole nitrogens is 1. The zero-order valence-electron chi connectivity index (χ0n) is 17.6. The molecule has 1 aliphatic heterocycles. The van der Waals surface area contributed by atoms with Gasteiger partial charge in [-0.1, -0.05) is 51.1 Å². The van der Waals surface area contributed by atoms with Crippen LogP contribution in [0.1, 0.15) is 38.4 Å². The van der Waals surface area contributed by atoms with Crippen LogP contribution in [-0.2, 0) is 21.6 Å². The van der Waals surface area contributed by atoms with E-state index in [1.54, 1.807) is 12.3 Å². The van der Waals surface area contributed by atoms with Gasteiger partial charge in [-0.25, -0.2) is 9.59 Å². The van der Waals surface area contributed by atoms with Gasteiger partial charge in [0, 0.05) is 43.4 Å². The molecule has 0 aliphatic carbocycles. The molecular weight excluding hydrogens is 384 g/mol. The number of aromatic amines is 1. The van der Waals surface area contributed by atoms with Crippen molar-refractivity contribution >= 4 is 23.7 Å². The third-order valence-electron chi connectivity index (χ3n) is 4.90. The van der Waals surface area contributed by atoms with Crippen molar-refractivity contribution in [2.45, 2.75) is 39.2 Å². The van der Waals surface area contributed by atoms with Crippen LogP contribution < -0.4 is 10.2 Å². The van der Waals surface area contributed by atoms with Crippen LogP contribution in [-0.4, -0.2) is 47.5 Å². The number of hydrogen-bond acceptors (Lipinski definition) is 4. The van der Waals surface area contributed by atoms with Crippen LogP contribution in [0.3, 0.4) is 0 Å². The Morgan fingerprint density at radius 3 is 2.57 bits per heavy atom. The van der Waals surface area contributed by atoms with Gasteiger partial charge < -0.3 is 19.9 Å². The Balaban J connectivity index is 1.83. The summed E-state index contributed by atoms with van der Waals surface area (Å²) < 4.78 is 5.45. The van der Waals surface area contributed by atoms with E-state index in [0.717, 1.165) is 16.2 Å². The largest absolute Gasteiger partial charge is 0.444 e. The molecule has 1 saturated heterocycles. The van der Waals surface area contributed by atoms with Gasteiger partial charge >= 0.3 is 12.1 Å². The molecule has 4 amide bonds. The van der Waals surface area contributed by atoms with Crippen LogP contribution in [0, 0.1) is 0 Å². The van der Waals surface area contributed by atoms with E-state index in [4.69, 9.17) is 4.74 Å². The van der Waals surface area contributed by atoms with Gasteiger partial charge in [0.1, 0.15) is 6.61 Å². The number of ether oxygens (including phenoxy) is 1. The molecule has 0 spiro atoms. The molecule has 3 rings (SSSR count). The van der Waals surface area contributed by atoms with Crippen LogP contribution in [0.2, 0.25) is 0 Å². The van der Waals surface area contributed by atoms with Gasteiger partial charge in [0.2, 0.25) is 5.91 Å². The lowest BCUT2D eigenvalue weighted by atomic mass is 9.92. The fourth-order valence-corrected chi connectivity index (χ4v) is 3.12. The summed E-state index contributed by atoms with van der Waals surface area (Å²) in [6.07, 6.45) is 1.06. The number of carbonyl (C=O) groups is 3. The lowest BCUT2D eigenvalue weighted by Crippen LogP contribution is -2.47. The standard InChI is InChI=1S/C22H28N4O4/c1-22(2,3)18-13-17(14-24-18)26(20(28)25-11-9-19(27)23-10-12-25)21(29)30-15-16-7-5-4-6-8-16/h4-8,13-14,24H,9-12,15H2,1-3H3,(H,23,27). The second kappa shape index (κ2) is 9.02. The molecule has 0 atom stereocenters. The number of urea groups is 1. The minimum absolute atomic E-state index is 0.0556. The summed E-state index contributed by atoms with van der Waals surface area (Å²) in [4.78, 5) is 43.5. The Hall–Kier alpha value is -3.29. The van der Waals surface area contributed by atoms with E-state index in [0.29, 0.717) is 18.8 Å². The molecule has 0 radical (unpaired) electrons. The van der Waals surface area contributed by atoms with Crippen molar-refractivity contribution < 1.29 is 19.1 Å². The normalized spacial score (nSPS) is 14.6. The number of rotatable bonds is 3. The molecule has 0 saturated carbocycles. The molecule has 0 unspecified atom stereocenters. The molecular formula is C22H28N4O4. The summed E-state index contributed by atoms with van der Waals surface area (Å²) >= 11 is 0. The van der Waals surface area contributed by atoms with Crippen LogP contribution >= 0.6 is 0 Å². The predicted octanol–water partition coefficient (Wildman–Crippen LogP) is 3.40. The molecule has 1 fully saturated rings. The Labute approximate surface area is 176 Å². The number of imide groups is 1. The molecule has 0 bridgehead atoms. The van der Waals surface area contributed by atoms with Gasteiger partial charge in [-0.05, 0) is 11.6 Å². The minimum atomic E-state index is -0.758. The molecule has 2 N–H and O–H groups in total. The van der Waals surface area contributed by atoms with Gasteiger partial charge in [0.05, 0.1) is 5.69 Å². The van der Waals surface area contributed by atoms with Gasteiger partial charge in [-0.15, -0.1) is 0 Å². The molecule has 1 aromatic heterocycles. The number of carbonyl (C=O) groups excluding carboxylic acids is 3. The fourth-order valence-electron chi connectivity index (χ4n) is 3.12. The second-order valence-corrected chi connectivity index (χ2v) is 8.27. The zero-order valence-corrected chi connectivity index (χ0v) is 17.6. The average Bonchev–Trinajstić information content (AvgIpc) is 3.10. The number of benzene rings is 1. The first-order valence-corrected chi connectivity index (χ1v) is 10.0. The molecule has 30 heavy (non-hydrogen) atoms. The molecule has 160 valence electrons. The maximum Gasteiger partial charge on any atom is 0.423 e. The lowest BCUT2D eigenvalue weighted by molar-refractivity contribution is -0.120. The number of hydrogen-bond donors (Lipinski definition) is 2. The first kappa shape index (κ1) is 21.4. The van der Waals surface area contributed by atoms with E-state index >= 15 is 0 Å². The van der Waals surface area contributed by atoms with Crippen molar-refractivity contribution in [2.75, 3.05) is 24.5 Å². The zero-order chi connectivity index (χ0) is 21.7. The van der Waals surface area contributed by atoms with Crippen molar-refractivity contribution in [3.05, 3.63) is 53.9 Å². The van der Waals surface area contributed by atoms with Crippen molar-refractivity contribution in [3.63, 3.8) is 0 Å². The summed E-state index contributed by atoms with van der Waals surface area (Å²) in [7, 11) is 0. The quantitative estimate of drug-likeness (QED) is 0.808. The topological polar surface area (TPSA) is 94.7 Å². The first-order valence-electron chi connectivity index (χ1n) is 10.0. The Bertz CT molecular complexity index is 901. The van der Waals surface area contributed by atoms with Gasteiger partial charge in [0.25, 0.3) is 0 Å². The fraction of sp³-hybridized carbons (Fsp3) is 0.409. The Morgan fingerprint density at radius 1 is 1.17 bits per heavy atom. The third-order valence-corrected chi connectivity index (χ3v) is 4.90. The van der Waals surface area contributed by atoms with E-state index < -0.39 is 12.1 Å². The van der Waals surface area contributed by atoms with Crippen molar-refractivity contribution in [3.8, 4) is 0 Å². The highest BCUT2D eigenvalue weighted by atomic mass is 16.6. The smallest absolute Gasteiger partial charge is 0.423 e. The van der Waals surface area contributed by atoms with Gasteiger partial charge in [-0.3, -0.25) is 4.79 Å². The number of nitrogens with one attached hydrogen (secondary N) is 2. The highest BCUT2D eigenvalue weighted by Crippen LogP contribution is 2.27. The summed E-state index contributed by atoms with van der Waals surface area (Å²) in [5, 5.41) is 2.73.